The number of halogens is 3. The van der Waals surface area contributed by atoms with Crippen LogP contribution in [0.1, 0.15) is 22.8 Å². The average molecular weight is 448 g/mol. The SMILES string of the molecule is Cc1nn(Cc2nc3c4sc5nc(C(F)(F)F)cc(C)c5c4ncn3n2)cc1[N+](=O)[O-]. The summed E-state index contributed by atoms with van der Waals surface area (Å²) in [6, 6.07) is 1.00. The maximum absolute atomic E-state index is 13.1. The standard InChI is InChI=1S/C17H11F3N8O2S/c1-7-3-10(17(18,19)20)22-16-12(7)13-14(31-16)15-23-11(25-27(15)6-21-13)5-26-4-9(28(29)30)8(2)24-26/h3-4,6H,5H2,1-2H3. The van der Waals surface area contributed by atoms with Crippen LogP contribution >= 0.6 is 11.3 Å². The van der Waals surface area contributed by atoms with E-state index in [1.807, 2.05) is 0 Å². The highest BCUT2D eigenvalue weighted by Gasteiger charge is 2.33. The first-order valence-electron chi connectivity index (χ1n) is 8.81. The fourth-order valence-corrected chi connectivity index (χ4v) is 4.56. The number of pyridine rings is 1. The van der Waals surface area contributed by atoms with Crippen molar-refractivity contribution in [3.05, 3.63) is 51.5 Å². The highest BCUT2D eigenvalue weighted by molar-refractivity contribution is 7.26. The summed E-state index contributed by atoms with van der Waals surface area (Å²) < 4.78 is 42.8. The summed E-state index contributed by atoms with van der Waals surface area (Å²) in [6.07, 6.45) is -1.83. The Hall–Kier alpha value is -3.68. The van der Waals surface area contributed by atoms with Gasteiger partial charge < -0.3 is 0 Å². The first kappa shape index (κ1) is 19.3. The summed E-state index contributed by atoms with van der Waals surface area (Å²) >= 11 is 1.06. The molecule has 5 aromatic heterocycles. The molecule has 0 spiro atoms. The highest BCUT2D eigenvalue weighted by atomic mass is 32.1. The van der Waals surface area contributed by atoms with Crippen LogP contribution < -0.4 is 0 Å². The van der Waals surface area contributed by atoms with Crippen molar-refractivity contribution in [3.63, 3.8) is 0 Å². The molecule has 0 aliphatic rings. The van der Waals surface area contributed by atoms with Crippen LogP contribution in [0.3, 0.4) is 0 Å². The number of hydrogen-bond donors (Lipinski definition) is 0. The lowest BCUT2D eigenvalue weighted by Gasteiger charge is -2.06. The van der Waals surface area contributed by atoms with E-state index in [1.165, 1.54) is 28.6 Å². The lowest BCUT2D eigenvalue weighted by Crippen LogP contribution is -2.07. The fraction of sp³-hybridized carbons (Fsp3) is 0.235. The van der Waals surface area contributed by atoms with Crippen LogP contribution in [0.4, 0.5) is 18.9 Å². The summed E-state index contributed by atoms with van der Waals surface area (Å²) in [5.74, 6) is 0.324. The van der Waals surface area contributed by atoms with E-state index < -0.39 is 16.8 Å². The van der Waals surface area contributed by atoms with Crippen molar-refractivity contribution < 1.29 is 18.1 Å². The Morgan fingerprint density at radius 3 is 2.68 bits per heavy atom. The molecule has 158 valence electrons. The van der Waals surface area contributed by atoms with Crippen molar-refractivity contribution in [3.8, 4) is 0 Å². The average Bonchev–Trinajstić information content (AvgIpc) is 3.34. The maximum atomic E-state index is 13.1. The van der Waals surface area contributed by atoms with Gasteiger partial charge in [0, 0.05) is 5.39 Å². The smallest absolute Gasteiger partial charge is 0.258 e. The molecular weight excluding hydrogens is 437 g/mol. The normalized spacial score (nSPS) is 12.4. The lowest BCUT2D eigenvalue weighted by atomic mass is 10.1. The molecule has 5 rings (SSSR count). The Morgan fingerprint density at radius 1 is 1.23 bits per heavy atom. The second-order valence-electron chi connectivity index (χ2n) is 6.88. The van der Waals surface area contributed by atoms with E-state index >= 15 is 0 Å². The summed E-state index contributed by atoms with van der Waals surface area (Å²) in [6.45, 7) is 3.19. The Bertz CT molecular complexity index is 1520. The zero-order chi connectivity index (χ0) is 22.1. The number of nitrogens with zero attached hydrogens (tertiary/aromatic N) is 8. The lowest BCUT2D eigenvalue weighted by molar-refractivity contribution is -0.385. The molecule has 0 bridgehead atoms. The van der Waals surface area contributed by atoms with Crippen LogP contribution in [-0.4, -0.2) is 39.3 Å². The minimum atomic E-state index is -4.55. The molecule has 0 amide bonds. The molecule has 0 saturated heterocycles. The van der Waals surface area contributed by atoms with E-state index in [4.69, 9.17) is 0 Å². The molecule has 0 atom stereocenters. The molecule has 0 aliphatic carbocycles. The van der Waals surface area contributed by atoms with E-state index in [1.54, 1.807) is 6.92 Å². The predicted molar refractivity (Wildman–Crippen MR) is 104 cm³/mol. The first-order chi connectivity index (χ1) is 14.6. The Labute approximate surface area is 174 Å². The molecular formula is C17H11F3N8O2S. The third-order valence-electron chi connectivity index (χ3n) is 4.72. The number of hydrogen-bond acceptors (Lipinski definition) is 8. The van der Waals surface area contributed by atoms with Crippen molar-refractivity contribution in [2.75, 3.05) is 0 Å². The summed E-state index contributed by atoms with van der Waals surface area (Å²) in [4.78, 5) is 23.3. The number of rotatable bonds is 3. The van der Waals surface area contributed by atoms with Crippen LogP contribution in [0.2, 0.25) is 0 Å². The Balaban J connectivity index is 1.64. The van der Waals surface area contributed by atoms with Crippen molar-refractivity contribution in [1.82, 2.24) is 34.3 Å². The zero-order valence-electron chi connectivity index (χ0n) is 15.9. The molecule has 31 heavy (non-hydrogen) atoms. The molecule has 5 aromatic rings. The van der Waals surface area contributed by atoms with Gasteiger partial charge in [0.25, 0.3) is 0 Å². The molecule has 0 N–H and O–H groups in total. The van der Waals surface area contributed by atoms with Gasteiger partial charge in [-0.1, -0.05) is 0 Å². The van der Waals surface area contributed by atoms with Gasteiger partial charge in [0.15, 0.2) is 11.5 Å². The predicted octanol–water partition coefficient (Wildman–Crippen LogP) is 3.68. The van der Waals surface area contributed by atoms with Gasteiger partial charge in [0.2, 0.25) is 0 Å². The number of alkyl halides is 3. The van der Waals surface area contributed by atoms with Crippen LogP contribution in [0.25, 0.3) is 26.1 Å². The number of nitro groups is 1. The largest absolute Gasteiger partial charge is 0.433 e. The maximum Gasteiger partial charge on any atom is 0.433 e. The molecule has 0 radical (unpaired) electrons. The number of fused-ring (bicyclic) bond motifs is 5. The molecule has 0 unspecified atom stereocenters. The molecule has 14 heteroatoms. The van der Waals surface area contributed by atoms with Gasteiger partial charge in [-0.15, -0.1) is 16.4 Å². The van der Waals surface area contributed by atoms with Crippen LogP contribution in [0.5, 0.6) is 0 Å². The van der Waals surface area contributed by atoms with Crippen molar-refractivity contribution in [1.29, 1.82) is 0 Å². The zero-order valence-corrected chi connectivity index (χ0v) is 16.7. The van der Waals surface area contributed by atoms with E-state index in [2.05, 4.69) is 25.1 Å². The number of aromatic nitrogens is 7. The van der Waals surface area contributed by atoms with Gasteiger partial charge in [0.05, 0.1) is 10.4 Å². The summed E-state index contributed by atoms with van der Waals surface area (Å²) in [5, 5.41) is 20.0. The number of thiophene rings is 1. The topological polar surface area (TPSA) is 117 Å². The van der Waals surface area contributed by atoms with Gasteiger partial charge in [0.1, 0.15) is 40.0 Å². The second-order valence-corrected chi connectivity index (χ2v) is 7.88. The van der Waals surface area contributed by atoms with Gasteiger partial charge in [-0.05, 0) is 25.5 Å². The van der Waals surface area contributed by atoms with Crippen LogP contribution in [0.15, 0.2) is 18.6 Å². The minimum Gasteiger partial charge on any atom is -0.258 e. The molecule has 0 saturated carbocycles. The quantitative estimate of drug-likeness (QED) is 0.305. The Kier molecular flexibility index (Phi) is 3.99. The van der Waals surface area contributed by atoms with E-state index in [0.717, 1.165) is 17.4 Å². The third-order valence-corrected chi connectivity index (χ3v) is 5.79. The van der Waals surface area contributed by atoms with Crippen LogP contribution in [-0.2, 0) is 12.7 Å². The molecule has 10 nitrogen and oxygen atoms in total. The van der Waals surface area contributed by atoms with Gasteiger partial charge in [-0.3, -0.25) is 14.8 Å². The molecule has 5 heterocycles. The van der Waals surface area contributed by atoms with Crippen LogP contribution in [0, 0.1) is 24.0 Å². The van der Waals surface area contributed by atoms with E-state index in [-0.39, 0.29) is 22.8 Å². The third kappa shape index (κ3) is 3.06. The van der Waals surface area contributed by atoms with E-state index in [9.17, 15) is 23.3 Å². The van der Waals surface area contributed by atoms with Gasteiger partial charge in [-0.25, -0.2) is 19.5 Å². The monoisotopic (exact) mass is 448 g/mol. The summed E-state index contributed by atoms with van der Waals surface area (Å²) in [7, 11) is 0. The van der Waals surface area contributed by atoms with Crippen molar-refractivity contribution >= 4 is 43.1 Å². The van der Waals surface area contributed by atoms with E-state index in [0.29, 0.717) is 32.6 Å². The fourth-order valence-electron chi connectivity index (χ4n) is 3.38. The van der Waals surface area contributed by atoms with Crippen molar-refractivity contribution in [2.24, 2.45) is 0 Å². The Morgan fingerprint density at radius 2 is 2.00 bits per heavy atom. The highest BCUT2D eigenvalue weighted by Crippen LogP contribution is 2.38. The molecule has 0 aromatic carbocycles. The number of aryl methyl sites for hydroxylation is 2. The molecule has 0 aliphatic heterocycles. The summed E-state index contributed by atoms with van der Waals surface area (Å²) in [5.41, 5.74) is 0.520. The van der Waals surface area contributed by atoms with Gasteiger partial charge in [-0.2, -0.15) is 18.3 Å². The first-order valence-corrected chi connectivity index (χ1v) is 9.63. The van der Waals surface area contributed by atoms with Crippen molar-refractivity contribution in [2.45, 2.75) is 26.6 Å². The van der Waals surface area contributed by atoms with Gasteiger partial charge >= 0.3 is 11.9 Å². The minimum absolute atomic E-state index is 0.0816. The molecule has 0 fully saturated rings. The second kappa shape index (κ2) is 6.41.